The van der Waals surface area contributed by atoms with E-state index in [-0.39, 0.29) is 30.4 Å². The highest BCUT2D eigenvalue weighted by Gasteiger charge is 2.21. The average molecular weight is 302 g/mol. The van der Waals surface area contributed by atoms with Crippen molar-refractivity contribution in [1.82, 2.24) is 10.6 Å². The summed E-state index contributed by atoms with van der Waals surface area (Å²) in [4.78, 5) is 22.8. The minimum absolute atomic E-state index is 0.0987. The summed E-state index contributed by atoms with van der Waals surface area (Å²) in [5, 5.41) is 24.0. The molecule has 4 N–H and O–H groups in total. The van der Waals surface area contributed by atoms with Crippen LogP contribution in [0.15, 0.2) is 0 Å². The topological polar surface area (TPSA) is 98.7 Å². The monoisotopic (exact) mass is 302 g/mol. The molecule has 0 heterocycles. The standard InChI is InChI=1S/C15H30N2O4/c1-10(2)12(9-18)14(19)16-8-6-5-7-13(15(20)21)17-11(3)4/h10-13,17-18H,5-9H2,1-4H3,(H,16,19)(H,20,21). The van der Waals surface area contributed by atoms with Crippen LogP contribution < -0.4 is 10.6 Å². The number of hydrogen-bond donors (Lipinski definition) is 4. The Morgan fingerprint density at radius 2 is 1.71 bits per heavy atom. The van der Waals surface area contributed by atoms with Crippen LogP contribution in [0.3, 0.4) is 0 Å². The zero-order valence-electron chi connectivity index (χ0n) is 13.6. The summed E-state index contributed by atoms with van der Waals surface area (Å²) in [6.45, 7) is 7.98. The fourth-order valence-corrected chi connectivity index (χ4v) is 2.09. The van der Waals surface area contributed by atoms with E-state index in [9.17, 15) is 9.59 Å². The molecule has 0 aromatic carbocycles. The number of unbranched alkanes of at least 4 members (excludes halogenated alkanes) is 1. The number of carboxylic acid groups (broad SMARTS) is 1. The Labute approximate surface area is 127 Å². The number of aliphatic hydroxyl groups is 1. The van der Waals surface area contributed by atoms with Gasteiger partial charge in [-0.1, -0.05) is 27.7 Å². The van der Waals surface area contributed by atoms with E-state index in [0.717, 1.165) is 12.8 Å². The Bertz CT molecular complexity index is 319. The number of hydrogen-bond acceptors (Lipinski definition) is 4. The van der Waals surface area contributed by atoms with Crippen molar-refractivity contribution in [1.29, 1.82) is 0 Å². The highest BCUT2D eigenvalue weighted by Crippen LogP contribution is 2.10. The van der Waals surface area contributed by atoms with Crippen molar-refractivity contribution < 1.29 is 19.8 Å². The van der Waals surface area contributed by atoms with Crippen LogP contribution in [0.25, 0.3) is 0 Å². The molecule has 0 radical (unpaired) electrons. The first-order valence-corrected chi connectivity index (χ1v) is 7.67. The van der Waals surface area contributed by atoms with Crippen molar-refractivity contribution in [2.24, 2.45) is 11.8 Å². The van der Waals surface area contributed by atoms with Crippen LogP contribution in [0.2, 0.25) is 0 Å². The molecule has 0 bridgehead atoms. The Kier molecular flexibility index (Phi) is 9.99. The molecule has 0 aliphatic carbocycles. The highest BCUT2D eigenvalue weighted by atomic mass is 16.4. The maximum Gasteiger partial charge on any atom is 0.320 e. The van der Waals surface area contributed by atoms with Crippen LogP contribution in [-0.2, 0) is 9.59 Å². The van der Waals surface area contributed by atoms with Gasteiger partial charge in [-0.05, 0) is 25.2 Å². The maximum absolute atomic E-state index is 11.8. The number of carbonyl (C=O) groups is 2. The van der Waals surface area contributed by atoms with Gasteiger partial charge in [0.25, 0.3) is 0 Å². The summed E-state index contributed by atoms with van der Waals surface area (Å²) in [6.07, 6.45) is 1.99. The second-order valence-corrected chi connectivity index (χ2v) is 6.03. The van der Waals surface area contributed by atoms with Crippen molar-refractivity contribution in [2.75, 3.05) is 13.2 Å². The number of aliphatic hydroxyl groups excluding tert-OH is 1. The third-order valence-electron chi connectivity index (χ3n) is 3.39. The minimum atomic E-state index is -0.840. The van der Waals surface area contributed by atoms with E-state index in [1.807, 2.05) is 27.7 Å². The number of aliphatic carboxylic acids is 1. The summed E-state index contributed by atoms with van der Waals surface area (Å²) in [5.74, 6) is -1.25. The molecule has 0 aliphatic rings. The number of amides is 1. The lowest BCUT2D eigenvalue weighted by molar-refractivity contribution is -0.140. The van der Waals surface area contributed by atoms with E-state index >= 15 is 0 Å². The number of rotatable bonds is 11. The van der Waals surface area contributed by atoms with Gasteiger partial charge >= 0.3 is 5.97 Å². The molecule has 0 spiro atoms. The number of carboxylic acids is 1. The summed E-state index contributed by atoms with van der Waals surface area (Å²) >= 11 is 0. The molecule has 0 rings (SSSR count). The van der Waals surface area contributed by atoms with Crippen LogP contribution in [0, 0.1) is 11.8 Å². The molecular weight excluding hydrogens is 272 g/mol. The zero-order valence-corrected chi connectivity index (χ0v) is 13.6. The summed E-state index contributed by atoms with van der Waals surface area (Å²) in [7, 11) is 0. The largest absolute Gasteiger partial charge is 0.480 e. The lowest BCUT2D eigenvalue weighted by Gasteiger charge is -2.18. The third kappa shape index (κ3) is 8.67. The second-order valence-electron chi connectivity index (χ2n) is 6.03. The summed E-state index contributed by atoms with van der Waals surface area (Å²) in [6, 6.07) is -0.413. The SMILES string of the molecule is CC(C)NC(CCCCNC(=O)C(CO)C(C)C)C(=O)O. The normalized spacial score (nSPS) is 14.2. The van der Waals surface area contributed by atoms with Crippen molar-refractivity contribution in [3.8, 4) is 0 Å². The van der Waals surface area contributed by atoms with Gasteiger partial charge in [-0.25, -0.2) is 0 Å². The molecule has 0 saturated heterocycles. The van der Waals surface area contributed by atoms with E-state index in [1.54, 1.807) is 0 Å². The quantitative estimate of drug-likeness (QED) is 0.427. The molecule has 6 nitrogen and oxygen atoms in total. The molecule has 0 fully saturated rings. The molecule has 124 valence electrons. The van der Waals surface area contributed by atoms with Gasteiger partial charge < -0.3 is 20.8 Å². The van der Waals surface area contributed by atoms with Gasteiger partial charge in [-0.2, -0.15) is 0 Å². The van der Waals surface area contributed by atoms with Crippen LogP contribution in [0.4, 0.5) is 0 Å². The Balaban J connectivity index is 3.94. The van der Waals surface area contributed by atoms with Gasteiger partial charge in [0.15, 0.2) is 0 Å². The van der Waals surface area contributed by atoms with E-state index in [4.69, 9.17) is 10.2 Å². The molecule has 2 atom stereocenters. The van der Waals surface area contributed by atoms with Crippen LogP contribution in [-0.4, -0.2) is 47.3 Å². The van der Waals surface area contributed by atoms with E-state index < -0.39 is 12.0 Å². The van der Waals surface area contributed by atoms with Gasteiger partial charge in [-0.15, -0.1) is 0 Å². The second kappa shape index (κ2) is 10.6. The first-order valence-electron chi connectivity index (χ1n) is 7.67. The first kappa shape index (κ1) is 19.9. The molecule has 0 aromatic rings. The fourth-order valence-electron chi connectivity index (χ4n) is 2.09. The Morgan fingerprint density at radius 1 is 1.10 bits per heavy atom. The minimum Gasteiger partial charge on any atom is -0.480 e. The van der Waals surface area contributed by atoms with E-state index in [0.29, 0.717) is 13.0 Å². The molecular formula is C15H30N2O4. The van der Waals surface area contributed by atoms with Crippen LogP contribution in [0.5, 0.6) is 0 Å². The zero-order chi connectivity index (χ0) is 16.4. The number of carbonyl (C=O) groups excluding carboxylic acids is 1. The van der Waals surface area contributed by atoms with Crippen molar-refractivity contribution in [2.45, 2.75) is 59.0 Å². The summed E-state index contributed by atoms with van der Waals surface area (Å²) in [5.41, 5.74) is 0. The van der Waals surface area contributed by atoms with Crippen LogP contribution >= 0.6 is 0 Å². The van der Waals surface area contributed by atoms with E-state index in [2.05, 4.69) is 10.6 Å². The van der Waals surface area contributed by atoms with Crippen LogP contribution in [0.1, 0.15) is 47.0 Å². The highest BCUT2D eigenvalue weighted by molar-refractivity contribution is 5.78. The predicted molar refractivity (Wildman–Crippen MR) is 82.0 cm³/mol. The molecule has 0 saturated carbocycles. The molecule has 21 heavy (non-hydrogen) atoms. The smallest absolute Gasteiger partial charge is 0.320 e. The average Bonchev–Trinajstić information content (AvgIpc) is 2.36. The van der Waals surface area contributed by atoms with Crippen molar-refractivity contribution in [3.05, 3.63) is 0 Å². The van der Waals surface area contributed by atoms with Gasteiger partial charge in [0.05, 0.1) is 12.5 Å². The van der Waals surface area contributed by atoms with Crippen molar-refractivity contribution >= 4 is 11.9 Å². The van der Waals surface area contributed by atoms with Gasteiger partial charge in [0, 0.05) is 12.6 Å². The molecule has 2 unspecified atom stereocenters. The lowest BCUT2D eigenvalue weighted by atomic mass is 9.96. The van der Waals surface area contributed by atoms with E-state index in [1.165, 1.54) is 0 Å². The fraction of sp³-hybridized carbons (Fsp3) is 0.867. The van der Waals surface area contributed by atoms with Gasteiger partial charge in [0.2, 0.25) is 5.91 Å². The number of nitrogens with one attached hydrogen (secondary N) is 2. The van der Waals surface area contributed by atoms with Gasteiger partial charge in [0.1, 0.15) is 6.04 Å². The summed E-state index contributed by atoms with van der Waals surface area (Å²) < 4.78 is 0. The Morgan fingerprint density at radius 3 is 2.14 bits per heavy atom. The third-order valence-corrected chi connectivity index (χ3v) is 3.39. The molecule has 6 heteroatoms. The van der Waals surface area contributed by atoms with Gasteiger partial charge in [-0.3, -0.25) is 9.59 Å². The molecule has 0 aromatic heterocycles. The molecule has 0 aliphatic heterocycles. The maximum atomic E-state index is 11.8. The predicted octanol–water partition coefficient (Wildman–Crippen LogP) is 0.989. The lowest BCUT2D eigenvalue weighted by Crippen LogP contribution is -2.41. The Hall–Kier alpha value is -1.14. The first-order chi connectivity index (χ1) is 9.79. The van der Waals surface area contributed by atoms with Crippen molar-refractivity contribution in [3.63, 3.8) is 0 Å². The molecule has 1 amide bonds.